The molecule has 0 bridgehead atoms. The van der Waals surface area contributed by atoms with E-state index in [0.717, 1.165) is 0 Å². The molecular formula is C11H18. The standard InChI is InChI=1S/C11H18/c1-3-5-7-9-11-10-8-6-4-2/h3,5,7,9,11H,1,4,6,8,10H2,2H3/b7-5+,11-9+/i2D3,4D2. The van der Waals surface area contributed by atoms with Gasteiger partial charge in [-0.1, -0.05) is 56.6 Å². The molecule has 0 heterocycles. The molecule has 0 amide bonds. The minimum atomic E-state index is -2.53. The van der Waals surface area contributed by atoms with Crippen LogP contribution in [0, 0.1) is 0 Å². The van der Waals surface area contributed by atoms with Gasteiger partial charge in [-0.05, 0) is 12.8 Å². The van der Waals surface area contributed by atoms with Gasteiger partial charge in [-0.15, -0.1) is 0 Å². The Bertz CT molecular complexity index is 260. The highest BCUT2D eigenvalue weighted by Crippen LogP contribution is 1.99. The van der Waals surface area contributed by atoms with E-state index in [-0.39, 0.29) is 6.42 Å². The summed E-state index contributed by atoms with van der Waals surface area (Å²) in [5, 5.41) is 0. The van der Waals surface area contributed by atoms with Gasteiger partial charge in [-0.25, -0.2) is 0 Å². The van der Waals surface area contributed by atoms with Crippen LogP contribution in [-0.4, -0.2) is 0 Å². The van der Waals surface area contributed by atoms with E-state index in [9.17, 15) is 0 Å². The highest BCUT2D eigenvalue weighted by Gasteiger charge is 1.79. The van der Waals surface area contributed by atoms with Crippen LogP contribution in [0.3, 0.4) is 0 Å². The maximum absolute atomic E-state index is 7.38. The summed E-state index contributed by atoms with van der Waals surface area (Å²) < 4.78 is 35.8. The number of allylic oxidation sites excluding steroid dienone is 5. The third-order valence-corrected chi connectivity index (χ3v) is 1.17. The van der Waals surface area contributed by atoms with Crippen molar-refractivity contribution in [2.24, 2.45) is 0 Å². The van der Waals surface area contributed by atoms with Crippen LogP contribution in [-0.2, 0) is 0 Å². The Morgan fingerprint density at radius 2 is 2.27 bits per heavy atom. The quantitative estimate of drug-likeness (QED) is 0.403. The van der Waals surface area contributed by atoms with Crippen molar-refractivity contribution >= 4 is 0 Å². The molecule has 0 aromatic carbocycles. The fraction of sp³-hybridized carbons (Fsp3) is 0.455. The lowest BCUT2D eigenvalue weighted by atomic mass is 10.2. The number of hydrogen-bond donors (Lipinski definition) is 0. The Morgan fingerprint density at radius 1 is 1.36 bits per heavy atom. The van der Waals surface area contributed by atoms with Crippen LogP contribution in [0.2, 0.25) is 0 Å². The molecule has 0 fully saturated rings. The average Bonchev–Trinajstić information content (AvgIpc) is 2.14. The van der Waals surface area contributed by atoms with Crippen LogP contribution in [0.15, 0.2) is 37.0 Å². The van der Waals surface area contributed by atoms with Gasteiger partial charge < -0.3 is 0 Å². The molecule has 0 unspecified atom stereocenters. The topological polar surface area (TPSA) is 0 Å². The molecule has 0 aliphatic carbocycles. The molecule has 0 rings (SSSR count). The van der Waals surface area contributed by atoms with Crippen molar-refractivity contribution in [2.45, 2.75) is 32.5 Å². The Kier molecular flexibility index (Phi) is 3.60. The van der Waals surface area contributed by atoms with Gasteiger partial charge in [0.05, 0.1) is 0 Å². The summed E-state index contributed by atoms with van der Waals surface area (Å²) >= 11 is 0. The zero-order valence-corrected chi connectivity index (χ0v) is 6.72. The molecule has 0 saturated carbocycles. The molecule has 0 aliphatic rings. The Morgan fingerprint density at radius 3 is 3.00 bits per heavy atom. The summed E-state index contributed by atoms with van der Waals surface area (Å²) in [6.45, 7) is 0.993. The van der Waals surface area contributed by atoms with E-state index in [0.29, 0.717) is 12.8 Å². The fourth-order valence-corrected chi connectivity index (χ4v) is 0.626. The van der Waals surface area contributed by atoms with E-state index in [1.165, 1.54) is 0 Å². The van der Waals surface area contributed by atoms with Gasteiger partial charge in [-0.3, -0.25) is 0 Å². The SMILES string of the molecule is [2H]C([2H])([2H])C([2H])([2H])CCC/C=C/C=C/C=C. The molecule has 11 heavy (non-hydrogen) atoms. The van der Waals surface area contributed by atoms with E-state index in [1.54, 1.807) is 12.2 Å². The monoisotopic (exact) mass is 155 g/mol. The fourth-order valence-electron chi connectivity index (χ4n) is 0.626. The molecule has 0 atom stereocenters. The van der Waals surface area contributed by atoms with Gasteiger partial charge in [0.25, 0.3) is 0 Å². The van der Waals surface area contributed by atoms with Crippen LogP contribution in [0.5, 0.6) is 0 Å². The van der Waals surface area contributed by atoms with Crippen molar-refractivity contribution in [3.8, 4) is 0 Å². The molecule has 0 N–H and O–H groups in total. The predicted molar refractivity (Wildman–Crippen MR) is 52.6 cm³/mol. The molecule has 0 heteroatoms. The Labute approximate surface area is 77.3 Å². The smallest absolute Gasteiger partial charge is 0.0264 e. The highest BCUT2D eigenvalue weighted by molar-refractivity contribution is 5.08. The highest BCUT2D eigenvalue weighted by atomic mass is 13.9. The summed E-state index contributed by atoms with van der Waals surface area (Å²) in [4.78, 5) is 0. The molecule has 0 saturated heterocycles. The minimum Gasteiger partial charge on any atom is -0.0991 e. The normalized spacial score (nSPS) is 20.5. The van der Waals surface area contributed by atoms with Crippen molar-refractivity contribution in [2.75, 3.05) is 0 Å². The van der Waals surface area contributed by atoms with Gasteiger partial charge in [0.15, 0.2) is 0 Å². The Hall–Kier alpha value is -0.780. The largest absolute Gasteiger partial charge is 0.0991 e. The molecule has 0 nitrogen and oxygen atoms in total. The molecular weight excluding hydrogens is 132 g/mol. The second-order valence-electron chi connectivity index (χ2n) is 2.12. The second-order valence-corrected chi connectivity index (χ2v) is 2.12. The van der Waals surface area contributed by atoms with Crippen molar-refractivity contribution < 1.29 is 6.85 Å². The summed E-state index contributed by atoms with van der Waals surface area (Å²) in [5.74, 6) is 0. The molecule has 0 aliphatic heterocycles. The molecule has 0 aromatic heterocycles. The van der Waals surface area contributed by atoms with Crippen molar-refractivity contribution in [1.29, 1.82) is 0 Å². The first-order valence-electron chi connectivity index (χ1n) is 6.25. The first-order valence-corrected chi connectivity index (χ1v) is 3.75. The molecule has 0 spiro atoms. The van der Waals surface area contributed by atoms with Gasteiger partial charge in [0, 0.05) is 6.85 Å². The van der Waals surface area contributed by atoms with Crippen molar-refractivity contribution in [1.82, 2.24) is 0 Å². The average molecular weight is 155 g/mol. The van der Waals surface area contributed by atoms with Gasteiger partial charge in [0.2, 0.25) is 0 Å². The predicted octanol–water partition coefficient (Wildman–Crippen LogP) is 3.87. The van der Waals surface area contributed by atoms with Crippen LogP contribution in [0.25, 0.3) is 0 Å². The Balaban J connectivity index is 3.87. The summed E-state index contributed by atoms with van der Waals surface area (Å²) in [6, 6.07) is 0. The van der Waals surface area contributed by atoms with E-state index in [1.807, 2.05) is 18.2 Å². The van der Waals surface area contributed by atoms with E-state index in [2.05, 4.69) is 6.58 Å². The van der Waals surface area contributed by atoms with Gasteiger partial charge >= 0.3 is 0 Å². The second kappa shape index (κ2) is 9.22. The number of unbranched alkanes of at least 4 members (excludes halogenated alkanes) is 1. The summed E-state index contributed by atoms with van der Waals surface area (Å²) in [5.41, 5.74) is 0. The van der Waals surface area contributed by atoms with Crippen LogP contribution in [0.1, 0.15) is 39.3 Å². The maximum Gasteiger partial charge on any atom is 0.0264 e. The zero-order chi connectivity index (χ0) is 12.7. The first kappa shape index (κ1) is 4.30. The van der Waals surface area contributed by atoms with Crippen LogP contribution < -0.4 is 0 Å². The number of rotatable bonds is 6. The number of hydrogen-bond acceptors (Lipinski definition) is 0. The maximum atomic E-state index is 7.38. The lowest BCUT2D eigenvalue weighted by molar-refractivity contribution is 0.729. The molecule has 0 radical (unpaired) electrons. The van der Waals surface area contributed by atoms with Gasteiger partial charge in [-0.2, -0.15) is 0 Å². The van der Waals surface area contributed by atoms with Crippen molar-refractivity contribution in [3.63, 3.8) is 0 Å². The van der Waals surface area contributed by atoms with E-state index < -0.39 is 13.2 Å². The minimum absolute atomic E-state index is 0.0546. The summed E-state index contributed by atoms with van der Waals surface area (Å²) in [6.07, 6.45) is 8.18. The van der Waals surface area contributed by atoms with E-state index >= 15 is 0 Å². The lowest BCUT2D eigenvalue weighted by Gasteiger charge is -1.89. The van der Waals surface area contributed by atoms with Crippen LogP contribution in [0.4, 0.5) is 0 Å². The third-order valence-electron chi connectivity index (χ3n) is 1.17. The molecule has 0 aromatic rings. The van der Waals surface area contributed by atoms with Crippen molar-refractivity contribution in [3.05, 3.63) is 37.0 Å². The van der Waals surface area contributed by atoms with Gasteiger partial charge in [0.1, 0.15) is 0 Å². The summed E-state index contributed by atoms with van der Waals surface area (Å²) in [7, 11) is 0. The molecule has 62 valence electrons. The van der Waals surface area contributed by atoms with Crippen LogP contribution >= 0.6 is 0 Å². The lowest BCUT2D eigenvalue weighted by Crippen LogP contribution is -1.69. The zero-order valence-electron chi connectivity index (χ0n) is 11.7. The van der Waals surface area contributed by atoms with E-state index in [4.69, 9.17) is 6.85 Å². The first-order chi connectivity index (χ1) is 7.31. The third kappa shape index (κ3) is 9.22.